The quantitative estimate of drug-likeness (QED) is 0.841. The maximum absolute atomic E-state index is 8.60. The summed E-state index contributed by atoms with van der Waals surface area (Å²) >= 11 is 0. The molecule has 2 heterocycles. The molecule has 2 aromatic rings. The molecule has 4 nitrogen and oxygen atoms in total. The van der Waals surface area contributed by atoms with Crippen molar-refractivity contribution in [1.82, 2.24) is 9.97 Å². The molecular weight excluding hydrogens is 238 g/mol. The van der Waals surface area contributed by atoms with Crippen LogP contribution in [0.5, 0.6) is 5.75 Å². The monoisotopic (exact) mass is 251 g/mol. The lowest BCUT2D eigenvalue weighted by Crippen LogP contribution is -1.96. The number of hydrogen-bond donors (Lipinski definition) is 0. The molecule has 1 aromatic carbocycles. The van der Waals surface area contributed by atoms with Gasteiger partial charge in [0.05, 0.1) is 18.4 Å². The van der Waals surface area contributed by atoms with Gasteiger partial charge in [-0.15, -0.1) is 0 Å². The van der Waals surface area contributed by atoms with Crippen molar-refractivity contribution in [2.45, 2.75) is 19.3 Å². The summed E-state index contributed by atoms with van der Waals surface area (Å²) in [5.41, 5.74) is 3.21. The molecule has 0 N–H and O–H groups in total. The van der Waals surface area contributed by atoms with E-state index in [-0.39, 0.29) is 0 Å². The van der Waals surface area contributed by atoms with E-state index in [0.717, 1.165) is 35.9 Å². The Labute approximate surface area is 111 Å². The molecule has 0 unspecified atom stereocenters. The Morgan fingerprint density at radius 1 is 1.32 bits per heavy atom. The molecular formula is C15H13N3O. The van der Waals surface area contributed by atoms with Gasteiger partial charge in [0.25, 0.3) is 0 Å². The number of nitrogens with zero attached hydrogens (tertiary/aromatic N) is 3. The molecule has 1 aliphatic rings. The zero-order valence-corrected chi connectivity index (χ0v) is 10.5. The average molecular weight is 251 g/mol. The maximum atomic E-state index is 8.60. The molecule has 0 saturated carbocycles. The van der Waals surface area contributed by atoms with Gasteiger partial charge in [0.15, 0.2) is 0 Å². The minimum absolute atomic E-state index is 0.446. The van der Waals surface area contributed by atoms with E-state index in [0.29, 0.717) is 12.8 Å². The topological polar surface area (TPSA) is 58.8 Å². The molecule has 0 radical (unpaired) electrons. The van der Waals surface area contributed by atoms with Crippen LogP contribution in [0.2, 0.25) is 0 Å². The highest BCUT2D eigenvalue weighted by Crippen LogP contribution is 2.29. The number of hydrogen-bond acceptors (Lipinski definition) is 4. The highest BCUT2D eigenvalue weighted by Gasteiger charge is 2.13. The third kappa shape index (κ3) is 2.41. The van der Waals surface area contributed by atoms with E-state index in [1.807, 2.05) is 18.2 Å². The van der Waals surface area contributed by atoms with E-state index in [4.69, 9.17) is 10.00 Å². The van der Waals surface area contributed by atoms with Gasteiger partial charge in [-0.1, -0.05) is 0 Å². The van der Waals surface area contributed by atoms with Crippen molar-refractivity contribution < 1.29 is 4.74 Å². The molecule has 0 saturated heterocycles. The predicted octanol–water partition coefficient (Wildman–Crippen LogP) is 2.53. The second-order valence-electron chi connectivity index (χ2n) is 4.44. The first-order valence-electron chi connectivity index (χ1n) is 6.32. The summed E-state index contributed by atoms with van der Waals surface area (Å²) in [5, 5.41) is 8.60. The number of aromatic nitrogens is 2. The Bertz CT molecular complexity index is 646. The first-order valence-corrected chi connectivity index (χ1v) is 6.32. The van der Waals surface area contributed by atoms with E-state index >= 15 is 0 Å². The largest absolute Gasteiger partial charge is 0.493 e. The summed E-state index contributed by atoms with van der Waals surface area (Å²) in [5.74, 6) is 1.69. The number of aryl methyl sites for hydroxylation is 1. The molecule has 0 spiro atoms. The zero-order valence-electron chi connectivity index (χ0n) is 10.5. The van der Waals surface area contributed by atoms with Crippen LogP contribution in [0, 0.1) is 11.3 Å². The van der Waals surface area contributed by atoms with E-state index in [9.17, 15) is 0 Å². The molecule has 4 heteroatoms. The van der Waals surface area contributed by atoms with E-state index in [1.165, 1.54) is 5.56 Å². The van der Waals surface area contributed by atoms with Gasteiger partial charge in [0.2, 0.25) is 0 Å². The van der Waals surface area contributed by atoms with Crippen molar-refractivity contribution in [3.05, 3.63) is 41.9 Å². The van der Waals surface area contributed by atoms with E-state index < -0.39 is 0 Å². The van der Waals surface area contributed by atoms with Gasteiger partial charge >= 0.3 is 0 Å². The highest BCUT2D eigenvalue weighted by molar-refractivity contribution is 5.62. The van der Waals surface area contributed by atoms with Crippen LogP contribution in [-0.2, 0) is 12.8 Å². The Morgan fingerprint density at radius 2 is 2.26 bits per heavy atom. The fraction of sp³-hybridized carbons (Fsp3) is 0.267. The Morgan fingerprint density at radius 3 is 3.16 bits per heavy atom. The molecule has 0 aliphatic carbocycles. The fourth-order valence-electron chi connectivity index (χ4n) is 2.19. The van der Waals surface area contributed by atoms with Gasteiger partial charge in [0, 0.05) is 31.0 Å². The Balaban J connectivity index is 1.91. The number of nitriles is 1. The van der Waals surface area contributed by atoms with E-state index in [1.54, 1.807) is 6.20 Å². The molecule has 94 valence electrons. The summed E-state index contributed by atoms with van der Waals surface area (Å²) in [6.07, 6.45) is 3.74. The van der Waals surface area contributed by atoms with Crippen LogP contribution in [0.4, 0.5) is 0 Å². The summed E-state index contributed by atoms with van der Waals surface area (Å²) in [6, 6.07) is 10.1. The van der Waals surface area contributed by atoms with Crippen molar-refractivity contribution >= 4 is 0 Å². The van der Waals surface area contributed by atoms with Crippen LogP contribution in [-0.4, -0.2) is 16.6 Å². The minimum atomic E-state index is 0.446. The normalized spacial score (nSPS) is 12.6. The molecule has 0 amide bonds. The molecule has 0 fully saturated rings. The summed E-state index contributed by atoms with van der Waals surface area (Å²) in [4.78, 5) is 8.69. The van der Waals surface area contributed by atoms with Crippen LogP contribution in [0.15, 0.2) is 30.5 Å². The molecule has 19 heavy (non-hydrogen) atoms. The first-order chi connectivity index (χ1) is 9.36. The lowest BCUT2D eigenvalue weighted by molar-refractivity contribution is 0.357. The van der Waals surface area contributed by atoms with Crippen LogP contribution in [0.1, 0.15) is 17.8 Å². The first kappa shape index (κ1) is 11.7. The average Bonchev–Trinajstić information content (AvgIpc) is 2.92. The second kappa shape index (κ2) is 5.07. The van der Waals surface area contributed by atoms with Gasteiger partial charge in [-0.3, -0.25) is 0 Å². The molecule has 3 rings (SSSR count). The highest BCUT2D eigenvalue weighted by atomic mass is 16.5. The number of benzene rings is 1. The third-order valence-corrected chi connectivity index (χ3v) is 3.15. The predicted molar refractivity (Wildman–Crippen MR) is 70.6 cm³/mol. The number of ether oxygens (including phenoxy) is 1. The zero-order chi connectivity index (χ0) is 13.1. The van der Waals surface area contributed by atoms with Crippen molar-refractivity contribution in [3.63, 3.8) is 0 Å². The van der Waals surface area contributed by atoms with Crippen molar-refractivity contribution in [2.24, 2.45) is 0 Å². The minimum Gasteiger partial charge on any atom is -0.493 e. The molecule has 0 bridgehead atoms. The van der Waals surface area contributed by atoms with Crippen LogP contribution < -0.4 is 4.74 Å². The van der Waals surface area contributed by atoms with Crippen molar-refractivity contribution in [2.75, 3.05) is 6.61 Å². The fourth-order valence-corrected chi connectivity index (χ4v) is 2.19. The summed E-state index contributed by atoms with van der Waals surface area (Å²) in [6.45, 7) is 0.760. The van der Waals surface area contributed by atoms with Gasteiger partial charge in [-0.2, -0.15) is 5.26 Å². The molecule has 1 aliphatic heterocycles. The Hall–Kier alpha value is -2.41. The SMILES string of the molecule is N#CCCc1nccc(-c2ccc3c(c2)CCO3)n1. The number of fused-ring (bicyclic) bond motifs is 1. The van der Waals surface area contributed by atoms with Crippen molar-refractivity contribution in [1.29, 1.82) is 5.26 Å². The van der Waals surface area contributed by atoms with Crippen LogP contribution >= 0.6 is 0 Å². The Kier molecular flexibility index (Phi) is 3.11. The smallest absolute Gasteiger partial charge is 0.129 e. The summed E-state index contributed by atoms with van der Waals surface area (Å²) < 4.78 is 5.50. The second-order valence-corrected chi connectivity index (χ2v) is 4.44. The van der Waals surface area contributed by atoms with Gasteiger partial charge in [-0.05, 0) is 29.8 Å². The molecule has 1 aromatic heterocycles. The van der Waals surface area contributed by atoms with Crippen molar-refractivity contribution in [3.8, 4) is 23.1 Å². The lowest BCUT2D eigenvalue weighted by Gasteiger charge is -2.05. The number of rotatable bonds is 3. The third-order valence-electron chi connectivity index (χ3n) is 3.15. The summed E-state index contributed by atoms with van der Waals surface area (Å²) in [7, 11) is 0. The lowest BCUT2D eigenvalue weighted by atomic mass is 10.1. The molecule has 0 atom stereocenters. The standard InChI is InChI=1S/C15H13N3O/c16-7-1-2-15-17-8-5-13(18-15)11-3-4-14-12(10-11)6-9-19-14/h3-5,8,10H,1-2,6,9H2. The van der Waals surface area contributed by atoms with Gasteiger partial charge in [0.1, 0.15) is 11.6 Å². The van der Waals surface area contributed by atoms with Gasteiger partial charge < -0.3 is 4.74 Å². The van der Waals surface area contributed by atoms with Crippen LogP contribution in [0.3, 0.4) is 0 Å². The van der Waals surface area contributed by atoms with E-state index in [2.05, 4.69) is 22.1 Å². The van der Waals surface area contributed by atoms with Gasteiger partial charge in [-0.25, -0.2) is 9.97 Å². The maximum Gasteiger partial charge on any atom is 0.129 e. The van der Waals surface area contributed by atoms with Crippen LogP contribution in [0.25, 0.3) is 11.3 Å².